The van der Waals surface area contributed by atoms with E-state index in [1.54, 1.807) is 30.9 Å². The number of hydrogen-bond acceptors (Lipinski definition) is 7. The molecule has 0 aliphatic carbocycles. The number of nitrogens with one attached hydrogen (secondary N) is 1. The van der Waals surface area contributed by atoms with Gasteiger partial charge in [0.2, 0.25) is 0 Å². The predicted octanol–water partition coefficient (Wildman–Crippen LogP) is 5.24. The lowest BCUT2D eigenvalue weighted by Crippen LogP contribution is -2.40. The number of aromatic nitrogens is 3. The number of aliphatic hydroxyl groups is 1. The smallest absolute Gasteiger partial charge is 0.302 e. The highest BCUT2D eigenvalue weighted by Gasteiger charge is 2.37. The van der Waals surface area contributed by atoms with Gasteiger partial charge in [-0.2, -0.15) is 18.6 Å². The van der Waals surface area contributed by atoms with Crippen molar-refractivity contribution >= 4 is 34.7 Å². The van der Waals surface area contributed by atoms with Crippen LogP contribution in [0.5, 0.6) is 0 Å². The van der Waals surface area contributed by atoms with Gasteiger partial charge in [0.05, 0.1) is 35.1 Å². The summed E-state index contributed by atoms with van der Waals surface area (Å²) in [6, 6.07) is 10.1. The summed E-state index contributed by atoms with van der Waals surface area (Å²) in [7, 11) is 0. The predicted molar refractivity (Wildman–Crippen MR) is 137 cm³/mol. The number of rotatable bonds is 9. The first-order valence-corrected chi connectivity index (χ1v) is 13.0. The lowest BCUT2D eigenvalue weighted by atomic mass is 9.93. The molecule has 0 aromatic carbocycles. The Balaban J connectivity index is 1.46. The van der Waals surface area contributed by atoms with Crippen LogP contribution in [0.25, 0.3) is 0 Å². The Bertz CT molecular complexity index is 1180. The highest BCUT2D eigenvalue weighted by Crippen LogP contribution is 2.34. The van der Waals surface area contributed by atoms with Crippen molar-refractivity contribution in [1.29, 1.82) is 0 Å². The van der Waals surface area contributed by atoms with Crippen LogP contribution in [0.15, 0.2) is 42.6 Å². The summed E-state index contributed by atoms with van der Waals surface area (Å²) < 4.78 is 31.4. The number of thiophene rings is 1. The lowest BCUT2D eigenvalue weighted by molar-refractivity contribution is -0.0463. The van der Waals surface area contributed by atoms with Crippen molar-refractivity contribution in [3.63, 3.8) is 0 Å². The number of pyridine rings is 1. The van der Waals surface area contributed by atoms with E-state index in [9.17, 15) is 18.7 Å². The maximum Gasteiger partial charge on any atom is 0.302 e. The molecule has 4 heterocycles. The van der Waals surface area contributed by atoms with Crippen molar-refractivity contribution in [3.8, 4) is 0 Å². The van der Waals surface area contributed by atoms with Gasteiger partial charge < -0.3 is 10.4 Å². The third kappa shape index (κ3) is 6.11. The van der Waals surface area contributed by atoms with E-state index in [-0.39, 0.29) is 30.7 Å². The quantitative estimate of drug-likeness (QED) is 0.388. The van der Waals surface area contributed by atoms with Crippen LogP contribution in [0.4, 0.5) is 14.6 Å². The molecule has 1 fully saturated rings. The second-order valence-corrected chi connectivity index (χ2v) is 11.5. The van der Waals surface area contributed by atoms with Gasteiger partial charge in [-0.3, -0.25) is 14.7 Å². The number of alkyl halides is 2. The molecular formula is C25H30ClF2N5O2S. The van der Waals surface area contributed by atoms with Gasteiger partial charge in [-0.15, -0.1) is 11.3 Å². The molecule has 1 aliphatic rings. The lowest BCUT2D eigenvalue weighted by Gasteiger charge is -2.33. The standard InChI is InChI=1S/C25H30ClF2N5O2S/c1-24(2,16-34)23(35)33-22(30-14-18-6-7-21(26)36-18)13-19(31-33)17-8-11-32(12-9-17)15-25(27,28)20-5-3-4-10-29-20/h3-7,10,13,17,30,34H,8-9,11-12,14-16H2,1-2H3. The zero-order valence-electron chi connectivity index (χ0n) is 20.3. The van der Waals surface area contributed by atoms with E-state index in [2.05, 4.69) is 15.4 Å². The third-order valence-electron chi connectivity index (χ3n) is 6.44. The van der Waals surface area contributed by atoms with Crippen molar-refractivity contribution in [2.75, 3.05) is 31.6 Å². The van der Waals surface area contributed by atoms with Crippen molar-refractivity contribution < 1.29 is 18.7 Å². The first-order valence-electron chi connectivity index (χ1n) is 11.8. The molecule has 36 heavy (non-hydrogen) atoms. The number of anilines is 1. The first kappa shape index (κ1) is 26.7. The van der Waals surface area contributed by atoms with E-state index in [0.717, 1.165) is 10.6 Å². The summed E-state index contributed by atoms with van der Waals surface area (Å²) in [4.78, 5) is 19.7. The van der Waals surface area contributed by atoms with E-state index in [1.165, 1.54) is 28.3 Å². The fourth-order valence-electron chi connectivity index (χ4n) is 4.19. The SMILES string of the molecule is CC(C)(CO)C(=O)n1nc(C2CCN(CC(F)(F)c3ccccn3)CC2)cc1NCc1ccc(Cl)s1. The maximum atomic E-state index is 14.7. The molecule has 1 saturated heterocycles. The molecule has 0 spiro atoms. The van der Waals surface area contributed by atoms with Gasteiger partial charge in [-0.05, 0) is 64.0 Å². The van der Waals surface area contributed by atoms with Crippen LogP contribution in [0.2, 0.25) is 4.34 Å². The molecule has 3 aromatic heterocycles. The largest absolute Gasteiger partial charge is 0.395 e. The number of piperidine rings is 1. The van der Waals surface area contributed by atoms with Gasteiger partial charge in [-0.1, -0.05) is 17.7 Å². The van der Waals surface area contributed by atoms with Crippen LogP contribution in [0.3, 0.4) is 0 Å². The van der Waals surface area contributed by atoms with Crippen LogP contribution < -0.4 is 5.32 Å². The van der Waals surface area contributed by atoms with Crippen LogP contribution in [-0.4, -0.2) is 56.9 Å². The Morgan fingerprint density at radius 2 is 2.00 bits per heavy atom. The van der Waals surface area contributed by atoms with Gasteiger partial charge >= 0.3 is 5.92 Å². The van der Waals surface area contributed by atoms with Crippen molar-refractivity contribution in [3.05, 3.63) is 63.2 Å². The summed E-state index contributed by atoms with van der Waals surface area (Å²) in [5.41, 5.74) is -0.495. The third-order valence-corrected chi connectivity index (χ3v) is 7.67. The second-order valence-electron chi connectivity index (χ2n) is 9.74. The van der Waals surface area contributed by atoms with Crippen LogP contribution in [-0.2, 0) is 12.5 Å². The molecular weight excluding hydrogens is 508 g/mol. The molecule has 0 amide bonds. The van der Waals surface area contributed by atoms with E-state index in [4.69, 9.17) is 11.6 Å². The molecule has 7 nitrogen and oxygen atoms in total. The molecule has 1 aliphatic heterocycles. The number of carbonyl (C=O) groups is 1. The Hall–Kier alpha value is -2.40. The number of nitrogens with zero attached hydrogens (tertiary/aromatic N) is 4. The summed E-state index contributed by atoms with van der Waals surface area (Å²) >= 11 is 7.48. The molecule has 11 heteroatoms. The van der Waals surface area contributed by atoms with Crippen molar-refractivity contribution in [2.45, 2.75) is 45.1 Å². The Morgan fingerprint density at radius 1 is 1.25 bits per heavy atom. The van der Waals surface area contributed by atoms with E-state index < -0.39 is 11.3 Å². The maximum absolute atomic E-state index is 14.7. The zero-order valence-corrected chi connectivity index (χ0v) is 21.8. The van der Waals surface area contributed by atoms with Crippen LogP contribution >= 0.6 is 22.9 Å². The average Bonchev–Trinajstić information content (AvgIpc) is 3.49. The fourth-order valence-corrected chi connectivity index (χ4v) is 5.21. The average molecular weight is 538 g/mol. The summed E-state index contributed by atoms with van der Waals surface area (Å²) in [5.74, 6) is -2.78. The molecule has 194 valence electrons. The van der Waals surface area contributed by atoms with E-state index in [1.807, 2.05) is 18.2 Å². The van der Waals surface area contributed by atoms with Crippen LogP contribution in [0.1, 0.15) is 53.7 Å². The van der Waals surface area contributed by atoms with Crippen molar-refractivity contribution in [2.24, 2.45) is 5.41 Å². The van der Waals surface area contributed by atoms with Crippen molar-refractivity contribution in [1.82, 2.24) is 19.7 Å². The minimum Gasteiger partial charge on any atom is -0.395 e. The molecule has 2 N–H and O–H groups in total. The number of aliphatic hydroxyl groups excluding tert-OH is 1. The minimum atomic E-state index is -3.03. The first-order chi connectivity index (χ1) is 17.1. The second kappa shape index (κ2) is 10.9. The fraction of sp³-hybridized carbons (Fsp3) is 0.480. The number of hydrogen-bond donors (Lipinski definition) is 2. The van der Waals surface area contributed by atoms with Crippen LogP contribution in [0, 0.1) is 5.41 Å². The molecule has 0 bridgehead atoms. The van der Waals surface area contributed by atoms with E-state index in [0.29, 0.717) is 42.6 Å². The summed E-state index contributed by atoms with van der Waals surface area (Å²) in [6.45, 7) is 4.09. The van der Waals surface area contributed by atoms with E-state index >= 15 is 0 Å². The molecule has 3 aromatic rings. The molecule has 0 saturated carbocycles. The Kier molecular flexibility index (Phi) is 8.09. The van der Waals surface area contributed by atoms with Gasteiger partial charge in [0, 0.05) is 23.1 Å². The number of carbonyl (C=O) groups excluding carboxylic acids is 1. The van der Waals surface area contributed by atoms with Gasteiger partial charge in [0.15, 0.2) is 0 Å². The number of halogens is 3. The normalized spacial score (nSPS) is 15.8. The highest BCUT2D eigenvalue weighted by atomic mass is 35.5. The zero-order chi connectivity index (χ0) is 25.9. The minimum absolute atomic E-state index is 0.0349. The Labute approximate surface area is 218 Å². The Morgan fingerprint density at radius 3 is 2.61 bits per heavy atom. The number of likely N-dealkylation sites (tertiary alicyclic amines) is 1. The topological polar surface area (TPSA) is 83.3 Å². The molecule has 4 rings (SSSR count). The summed E-state index contributed by atoms with van der Waals surface area (Å²) in [6.07, 6.45) is 2.67. The highest BCUT2D eigenvalue weighted by molar-refractivity contribution is 7.16. The van der Waals surface area contributed by atoms with Gasteiger partial charge in [0.25, 0.3) is 5.91 Å². The summed E-state index contributed by atoms with van der Waals surface area (Å²) in [5, 5.41) is 17.6. The molecule has 0 unspecified atom stereocenters. The monoisotopic (exact) mass is 537 g/mol. The van der Waals surface area contributed by atoms with Gasteiger partial charge in [-0.25, -0.2) is 0 Å². The molecule has 0 atom stereocenters. The molecule has 0 radical (unpaired) electrons. The van der Waals surface area contributed by atoms with Gasteiger partial charge in [0.1, 0.15) is 11.5 Å².